The zero-order valence-electron chi connectivity index (χ0n) is 10.5. The fraction of sp³-hybridized carbons (Fsp3) is 0.182. The van der Waals surface area contributed by atoms with Gasteiger partial charge in [0.25, 0.3) is 10.0 Å². The van der Waals surface area contributed by atoms with Gasteiger partial charge in [-0.15, -0.1) is 0 Å². The molecule has 0 fully saturated rings. The summed E-state index contributed by atoms with van der Waals surface area (Å²) in [6, 6.07) is 3.49. The Morgan fingerprint density at radius 1 is 1.16 bits per heavy atom. The highest BCUT2D eigenvalue weighted by atomic mass is 32.2. The summed E-state index contributed by atoms with van der Waals surface area (Å²) in [5.74, 6) is 0.276. The Kier molecular flexibility index (Phi) is 3.34. The second-order valence-corrected chi connectivity index (χ2v) is 5.74. The Hall–Kier alpha value is -2.22. The third kappa shape index (κ3) is 3.16. The molecule has 0 atom stereocenters. The summed E-state index contributed by atoms with van der Waals surface area (Å²) in [5.41, 5.74) is 6.96. The second-order valence-electron chi connectivity index (χ2n) is 4.05. The van der Waals surface area contributed by atoms with E-state index in [2.05, 4.69) is 19.7 Å². The molecule has 0 aromatic carbocycles. The van der Waals surface area contributed by atoms with Crippen LogP contribution in [0.4, 0.5) is 11.8 Å². The molecule has 0 bridgehead atoms. The SMILES string of the molecule is Cc1cc(C)nc(NS(=O)(=O)c2cnc(N)nc2)c1. The van der Waals surface area contributed by atoms with Crippen LogP contribution in [0.25, 0.3) is 0 Å². The van der Waals surface area contributed by atoms with Crippen LogP contribution in [-0.4, -0.2) is 23.4 Å². The Morgan fingerprint density at radius 3 is 2.37 bits per heavy atom. The van der Waals surface area contributed by atoms with E-state index in [4.69, 9.17) is 5.73 Å². The monoisotopic (exact) mass is 279 g/mol. The van der Waals surface area contributed by atoms with E-state index < -0.39 is 10.0 Å². The van der Waals surface area contributed by atoms with Gasteiger partial charge in [-0.1, -0.05) is 0 Å². The van der Waals surface area contributed by atoms with Crippen LogP contribution in [0.15, 0.2) is 29.4 Å². The van der Waals surface area contributed by atoms with E-state index in [0.717, 1.165) is 23.7 Å². The molecule has 0 aliphatic heterocycles. The van der Waals surface area contributed by atoms with Crippen molar-refractivity contribution in [2.24, 2.45) is 0 Å². The summed E-state index contributed by atoms with van der Waals surface area (Å²) in [6.07, 6.45) is 2.29. The molecule has 0 radical (unpaired) electrons. The molecule has 0 aliphatic carbocycles. The lowest BCUT2D eigenvalue weighted by Gasteiger charge is -2.08. The van der Waals surface area contributed by atoms with Crippen molar-refractivity contribution in [1.82, 2.24) is 15.0 Å². The van der Waals surface area contributed by atoms with Crippen molar-refractivity contribution < 1.29 is 8.42 Å². The van der Waals surface area contributed by atoms with Gasteiger partial charge in [0.15, 0.2) is 0 Å². The van der Waals surface area contributed by atoms with E-state index in [-0.39, 0.29) is 16.7 Å². The molecule has 8 heteroatoms. The zero-order valence-corrected chi connectivity index (χ0v) is 11.3. The minimum absolute atomic E-state index is 0.0171. The van der Waals surface area contributed by atoms with Gasteiger partial charge in [0.05, 0.1) is 12.4 Å². The van der Waals surface area contributed by atoms with Crippen LogP contribution < -0.4 is 10.5 Å². The normalized spacial score (nSPS) is 11.3. The van der Waals surface area contributed by atoms with Crippen molar-refractivity contribution in [3.05, 3.63) is 35.8 Å². The first kappa shape index (κ1) is 13.2. The first-order valence-electron chi connectivity index (χ1n) is 5.42. The number of nitrogens with zero attached hydrogens (tertiary/aromatic N) is 3. The highest BCUT2D eigenvalue weighted by Crippen LogP contribution is 2.15. The molecule has 19 heavy (non-hydrogen) atoms. The number of rotatable bonds is 3. The maximum absolute atomic E-state index is 12.1. The van der Waals surface area contributed by atoms with Crippen molar-refractivity contribution in [2.45, 2.75) is 18.7 Å². The molecule has 0 saturated carbocycles. The number of nitrogen functional groups attached to an aromatic ring is 1. The van der Waals surface area contributed by atoms with Crippen molar-refractivity contribution in [2.75, 3.05) is 10.5 Å². The minimum atomic E-state index is -3.76. The number of sulfonamides is 1. The summed E-state index contributed by atoms with van der Waals surface area (Å²) in [6.45, 7) is 3.65. The maximum atomic E-state index is 12.1. The summed E-state index contributed by atoms with van der Waals surface area (Å²) in [4.78, 5) is 11.3. The molecule has 2 rings (SSSR count). The molecule has 7 nitrogen and oxygen atoms in total. The molecule has 0 spiro atoms. The average Bonchev–Trinajstić information content (AvgIpc) is 2.27. The first-order valence-corrected chi connectivity index (χ1v) is 6.91. The highest BCUT2D eigenvalue weighted by Gasteiger charge is 2.16. The van der Waals surface area contributed by atoms with Gasteiger partial charge in [-0.3, -0.25) is 4.72 Å². The van der Waals surface area contributed by atoms with Crippen LogP contribution in [0.1, 0.15) is 11.3 Å². The number of hydrogen-bond acceptors (Lipinski definition) is 6. The Bertz CT molecular complexity index is 677. The number of pyridine rings is 1. The van der Waals surface area contributed by atoms with Gasteiger partial charge in [0, 0.05) is 5.69 Å². The van der Waals surface area contributed by atoms with Crippen LogP contribution in [-0.2, 0) is 10.0 Å². The smallest absolute Gasteiger partial charge is 0.266 e. The molecule has 0 aliphatic rings. The lowest BCUT2D eigenvalue weighted by Crippen LogP contribution is -2.15. The Labute approximate surface area is 111 Å². The quantitative estimate of drug-likeness (QED) is 0.862. The number of aryl methyl sites for hydroxylation is 2. The summed E-state index contributed by atoms with van der Waals surface area (Å²) in [7, 11) is -3.76. The molecule has 0 amide bonds. The van der Waals surface area contributed by atoms with Crippen molar-refractivity contribution in [1.29, 1.82) is 0 Å². The number of anilines is 2. The highest BCUT2D eigenvalue weighted by molar-refractivity contribution is 7.92. The third-order valence-electron chi connectivity index (χ3n) is 2.30. The topological polar surface area (TPSA) is 111 Å². The lowest BCUT2D eigenvalue weighted by atomic mass is 10.2. The number of nitrogens with one attached hydrogen (secondary N) is 1. The van der Waals surface area contributed by atoms with Gasteiger partial charge in [-0.2, -0.15) is 0 Å². The number of aromatic nitrogens is 3. The zero-order chi connectivity index (χ0) is 14.0. The molecule has 100 valence electrons. The van der Waals surface area contributed by atoms with Gasteiger partial charge < -0.3 is 5.73 Å². The standard InChI is InChI=1S/C11H13N5O2S/c1-7-3-8(2)15-10(4-7)16-19(17,18)9-5-13-11(12)14-6-9/h3-6H,1-2H3,(H,15,16)(H2,12,13,14). The lowest BCUT2D eigenvalue weighted by molar-refractivity contribution is 0.600. The van der Waals surface area contributed by atoms with E-state index in [1.807, 2.05) is 13.0 Å². The van der Waals surface area contributed by atoms with Gasteiger partial charge in [-0.05, 0) is 31.5 Å². The van der Waals surface area contributed by atoms with E-state index in [1.165, 1.54) is 0 Å². The van der Waals surface area contributed by atoms with Gasteiger partial charge >= 0.3 is 0 Å². The van der Waals surface area contributed by atoms with Gasteiger partial charge in [0.1, 0.15) is 10.7 Å². The minimum Gasteiger partial charge on any atom is -0.368 e. The second kappa shape index (κ2) is 4.81. The number of hydrogen-bond donors (Lipinski definition) is 2. The predicted octanol–water partition coefficient (Wildman–Crippen LogP) is 0.871. The Morgan fingerprint density at radius 2 is 1.79 bits per heavy atom. The molecular formula is C11H13N5O2S. The van der Waals surface area contributed by atoms with Crippen molar-refractivity contribution >= 4 is 21.8 Å². The van der Waals surface area contributed by atoms with E-state index in [0.29, 0.717) is 0 Å². The average molecular weight is 279 g/mol. The fourth-order valence-electron chi connectivity index (χ4n) is 1.56. The van der Waals surface area contributed by atoms with Crippen LogP contribution >= 0.6 is 0 Å². The molecule has 0 saturated heterocycles. The predicted molar refractivity (Wildman–Crippen MR) is 71.0 cm³/mol. The van der Waals surface area contributed by atoms with E-state index >= 15 is 0 Å². The van der Waals surface area contributed by atoms with Crippen LogP contribution in [0.3, 0.4) is 0 Å². The van der Waals surface area contributed by atoms with Crippen molar-refractivity contribution in [3.63, 3.8) is 0 Å². The van der Waals surface area contributed by atoms with E-state index in [9.17, 15) is 8.42 Å². The number of nitrogens with two attached hydrogens (primary N) is 1. The maximum Gasteiger partial charge on any atom is 0.266 e. The van der Waals surface area contributed by atoms with E-state index in [1.54, 1.807) is 13.0 Å². The van der Waals surface area contributed by atoms with Crippen LogP contribution in [0, 0.1) is 13.8 Å². The summed E-state index contributed by atoms with van der Waals surface area (Å²) >= 11 is 0. The van der Waals surface area contributed by atoms with Crippen LogP contribution in [0.2, 0.25) is 0 Å². The third-order valence-corrected chi connectivity index (χ3v) is 3.60. The molecule has 3 N–H and O–H groups in total. The molecule has 2 aromatic rings. The largest absolute Gasteiger partial charge is 0.368 e. The molecular weight excluding hydrogens is 266 g/mol. The summed E-state index contributed by atoms with van der Waals surface area (Å²) < 4.78 is 26.5. The molecule has 2 heterocycles. The molecule has 2 aromatic heterocycles. The Balaban J connectivity index is 2.33. The first-order chi connectivity index (χ1) is 8.87. The van der Waals surface area contributed by atoms with Gasteiger partial charge in [0.2, 0.25) is 5.95 Å². The van der Waals surface area contributed by atoms with Crippen molar-refractivity contribution in [3.8, 4) is 0 Å². The van der Waals surface area contributed by atoms with Gasteiger partial charge in [-0.25, -0.2) is 23.4 Å². The summed E-state index contributed by atoms with van der Waals surface area (Å²) in [5, 5.41) is 0. The molecule has 0 unspecified atom stereocenters. The van der Waals surface area contributed by atoms with Crippen LogP contribution in [0.5, 0.6) is 0 Å². The fourth-order valence-corrected chi connectivity index (χ4v) is 2.44.